The molecule has 9 rings (SSSR count). The van der Waals surface area contributed by atoms with Gasteiger partial charge in [0.15, 0.2) is 27.7 Å². The van der Waals surface area contributed by atoms with Gasteiger partial charge in [-0.15, -0.1) is 22.7 Å². The Bertz CT molecular complexity index is 2400. The van der Waals surface area contributed by atoms with Crippen molar-refractivity contribution >= 4 is 73.6 Å². The van der Waals surface area contributed by atoms with Crippen LogP contribution in [0.4, 0.5) is 45.3 Å². The topological polar surface area (TPSA) is 111 Å². The Morgan fingerprint density at radius 1 is 0.661 bits per heavy atom. The van der Waals surface area contributed by atoms with Crippen LogP contribution in [0.3, 0.4) is 0 Å². The van der Waals surface area contributed by atoms with Gasteiger partial charge in [-0.25, -0.2) is 37.5 Å². The van der Waals surface area contributed by atoms with Gasteiger partial charge in [0.2, 0.25) is 0 Å². The Morgan fingerprint density at radius 2 is 1.25 bits per heavy atom. The first kappa shape index (κ1) is 41.1. The molecule has 0 amide bonds. The van der Waals surface area contributed by atoms with E-state index in [1.54, 1.807) is 29.9 Å². The standard InChI is InChI=1S/C22H23ClF2N6S.C18H16ClF2N5S/c23-20-14(15(24)4-5-16(20)25)12-31-8-2-1-3-17-21(31)28-18(11-27-17)19-13-32-22(29-19)30-9-6-26-7-10-30;19-16-11(12(20)4-5-13(16)21)10-26-7-2-1-3-14-17(26)24-15(9-23-14)25-18-22-6-8-27-18/h4-5,11,13,26H,1-3,6-10,12H2;4-6,8-9H,1-3,7,10H2,(H,22,24,25). The first-order chi connectivity index (χ1) is 28.7. The zero-order valence-electron chi connectivity index (χ0n) is 31.7. The summed E-state index contributed by atoms with van der Waals surface area (Å²) in [6.45, 7) is 5.34. The van der Waals surface area contributed by atoms with Gasteiger partial charge >= 0.3 is 0 Å². The minimum atomic E-state index is -0.631. The third-order valence-corrected chi connectivity index (χ3v) is 12.6. The molecule has 0 bridgehead atoms. The van der Waals surface area contributed by atoms with Gasteiger partial charge < -0.3 is 25.3 Å². The molecule has 11 nitrogen and oxygen atoms in total. The lowest BCUT2D eigenvalue weighted by molar-refractivity contribution is 0.579. The summed E-state index contributed by atoms with van der Waals surface area (Å²) in [7, 11) is 0. The predicted octanol–water partition coefficient (Wildman–Crippen LogP) is 9.24. The summed E-state index contributed by atoms with van der Waals surface area (Å²) in [5.41, 5.74) is 3.42. The van der Waals surface area contributed by atoms with Crippen LogP contribution in [-0.2, 0) is 25.9 Å². The molecule has 0 saturated carbocycles. The van der Waals surface area contributed by atoms with Gasteiger partial charge in [0, 0.05) is 80.4 Å². The summed E-state index contributed by atoms with van der Waals surface area (Å²) in [6.07, 6.45) is 10.4. The number of nitrogens with one attached hydrogen (secondary N) is 2. The highest BCUT2D eigenvalue weighted by molar-refractivity contribution is 7.14. The highest BCUT2D eigenvalue weighted by Gasteiger charge is 2.25. The van der Waals surface area contributed by atoms with Gasteiger partial charge in [-0.1, -0.05) is 23.2 Å². The second-order valence-corrected chi connectivity index (χ2v) is 16.7. The lowest BCUT2D eigenvalue weighted by Gasteiger charge is -2.26. The number of rotatable bonds is 8. The number of nitrogens with zero attached hydrogens (tertiary/aromatic N) is 9. The molecule has 0 aliphatic carbocycles. The zero-order chi connectivity index (χ0) is 40.9. The van der Waals surface area contributed by atoms with Crippen molar-refractivity contribution < 1.29 is 17.6 Å². The van der Waals surface area contributed by atoms with Gasteiger partial charge in [-0.3, -0.25) is 9.97 Å². The Labute approximate surface area is 356 Å². The molecule has 59 heavy (non-hydrogen) atoms. The number of anilines is 5. The molecule has 7 heterocycles. The van der Waals surface area contributed by atoms with Crippen LogP contribution >= 0.6 is 45.9 Å². The van der Waals surface area contributed by atoms with E-state index in [0.717, 1.165) is 111 Å². The molecular formula is C40H39Cl2F4N11S2. The highest BCUT2D eigenvalue weighted by Crippen LogP contribution is 2.34. The molecule has 1 saturated heterocycles. The second kappa shape index (κ2) is 18.7. The number of hydrogen-bond acceptors (Lipinski definition) is 13. The highest BCUT2D eigenvalue weighted by atomic mass is 35.5. The summed E-state index contributed by atoms with van der Waals surface area (Å²) in [4.78, 5) is 33.8. The molecule has 0 atom stereocenters. The number of benzene rings is 2. The van der Waals surface area contributed by atoms with Crippen LogP contribution in [0.1, 0.15) is 48.2 Å². The van der Waals surface area contributed by atoms with Gasteiger partial charge in [0.1, 0.15) is 34.7 Å². The Balaban J connectivity index is 0.000000167. The van der Waals surface area contributed by atoms with Crippen LogP contribution in [0.15, 0.2) is 53.6 Å². The molecule has 2 N–H and O–H groups in total. The maximum atomic E-state index is 14.5. The van der Waals surface area contributed by atoms with E-state index >= 15 is 0 Å². The van der Waals surface area contributed by atoms with Crippen molar-refractivity contribution in [3.05, 3.63) is 109 Å². The van der Waals surface area contributed by atoms with Gasteiger partial charge in [0.05, 0.1) is 33.8 Å². The van der Waals surface area contributed by atoms with E-state index in [1.807, 2.05) is 20.6 Å². The number of thiazole rings is 2. The van der Waals surface area contributed by atoms with Crippen molar-refractivity contribution in [1.29, 1.82) is 0 Å². The maximum Gasteiger partial charge on any atom is 0.188 e. The number of hydrogen-bond donors (Lipinski definition) is 2. The zero-order valence-corrected chi connectivity index (χ0v) is 34.8. The minimum Gasteiger partial charge on any atom is -0.351 e. The van der Waals surface area contributed by atoms with Gasteiger partial charge in [-0.2, -0.15) is 0 Å². The lowest BCUT2D eigenvalue weighted by atomic mass is 10.2. The SMILES string of the molecule is Fc1ccc(F)c(CN2CCCCc3ncc(-c4csc(N5CCNCC5)n4)nc32)c1Cl.Fc1ccc(F)c(CN2CCCCc3ncc(Nc4nccs4)nc32)c1Cl. The Hall–Kier alpha value is -4.68. The van der Waals surface area contributed by atoms with Crippen molar-refractivity contribution in [2.45, 2.75) is 51.6 Å². The van der Waals surface area contributed by atoms with Gasteiger partial charge in [0.25, 0.3) is 0 Å². The molecule has 0 radical (unpaired) electrons. The normalized spacial score (nSPS) is 15.5. The molecular weight excluding hydrogens is 846 g/mol. The van der Waals surface area contributed by atoms with E-state index in [2.05, 4.69) is 35.5 Å². The van der Waals surface area contributed by atoms with Crippen molar-refractivity contribution in [2.75, 3.05) is 59.3 Å². The molecule has 6 aromatic rings. The molecule has 3 aliphatic heterocycles. The van der Waals surface area contributed by atoms with Crippen LogP contribution in [-0.4, -0.2) is 69.2 Å². The summed E-state index contributed by atoms with van der Waals surface area (Å²) in [6, 6.07) is 4.30. The van der Waals surface area contributed by atoms with E-state index in [4.69, 9.17) is 33.2 Å². The number of aromatic nitrogens is 6. The van der Waals surface area contributed by atoms with E-state index in [-0.39, 0.29) is 34.3 Å². The number of aryl methyl sites for hydroxylation is 2. The largest absolute Gasteiger partial charge is 0.351 e. The summed E-state index contributed by atoms with van der Waals surface area (Å²) >= 11 is 15.2. The molecule has 4 aromatic heterocycles. The van der Waals surface area contributed by atoms with Crippen LogP contribution in [0, 0.1) is 23.3 Å². The molecule has 0 spiro atoms. The third kappa shape index (κ3) is 9.54. The lowest BCUT2D eigenvalue weighted by Crippen LogP contribution is -2.43. The minimum absolute atomic E-state index is 0.129. The smallest absolute Gasteiger partial charge is 0.188 e. The quantitative estimate of drug-likeness (QED) is 0.113. The van der Waals surface area contributed by atoms with E-state index < -0.39 is 23.3 Å². The first-order valence-electron chi connectivity index (χ1n) is 19.3. The van der Waals surface area contributed by atoms with E-state index in [0.29, 0.717) is 41.4 Å². The predicted molar refractivity (Wildman–Crippen MR) is 226 cm³/mol. The Morgan fingerprint density at radius 3 is 1.86 bits per heavy atom. The third-order valence-electron chi connectivity index (χ3n) is 10.2. The fourth-order valence-corrected chi connectivity index (χ4v) is 8.98. The van der Waals surface area contributed by atoms with E-state index in [9.17, 15) is 17.6 Å². The van der Waals surface area contributed by atoms with Crippen molar-refractivity contribution in [2.24, 2.45) is 0 Å². The van der Waals surface area contributed by atoms with Crippen LogP contribution < -0.4 is 25.3 Å². The molecule has 0 unspecified atom stereocenters. The Kier molecular flexibility index (Phi) is 13.0. The summed E-state index contributed by atoms with van der Waals surface area (Å²) in [5, 5.41) is 11.6. The van der Waals surface area contributed by atoms with E-state index in [1.165, 1.54) is 11.3 Å². The monoisotopic (exact) mass is 883 g/mol. The molecule has 1 fully saturated rings. The average Bonchev–Trinajstić information content (AvgIpc) is 3.88. The van der Waals surface area contributed by atoms with Crippen LogP contribution in [0.2, 0.25) is 10.0 Å². The average molecular weight is 885 g/mol. The molecule has 2 aromatic carbocycles. The van der Waals surface area contributed by atoms with Crippen molar-refractivity contribution in [1.82, 2.24) is 35.2 Å². The van der Waals surface area contributed by atoms with Crippen molar-refractivity contribution in [3.63, 3.8) is 0 Å². The first-order valence-corrected chi connectivity index (χ1v) is 21.8. The number of halogens is 6. The maximum absolute atomic E-state index is 14.5. The van der Waals surface area contributed by atoms with Crippen molar-refractivity contribution in [3.8, 4) is 11.4 Å². The summed E-state index contributed by atoms with van der Waals surface area (Å²) in [5.74, 6) is -0.399. The molecule has 19 heteroatoms. The van der Waals surface area contributed by atoms with Crippen LogP contribution in [0.5, 0.6) is 0 Å². The fraction of sp³-hybridized carbons (Fsp3) is 0.350. The fourth-order valence-electron chi connectivity index (χ4n) is 7.15. The van der Waals surface area contributed by atoms with Gasteiger partial charge in [-0.05, 0) is 62.8 Å². The molecule has 308 valence electrons. The summed E-state index contributed by atoms with van der Waals surface area (Å²) < 4.78 is 56.5. The molecule has 3 aliphatic rings. The second-order valence-electron chi connectivity index (χ2n) is 14.2. The van der Waals surface area contributed by atoms with Crippen LogP contribution in [0.25, 0.3) is 11.4 Å². The number of piperazine rings is 1. The number of fused-ring (bicyclic) bond motifs is 2.